The van der Waals surface area contributed by atoms with Gasteiger partial charge in [0.2, 0.25) is 0 Å². The smallest absolute Gasteiger partial charge is 0.0922 e. The first-order chi connectivity index (χ1) is 7.87. The molecule has 0 aromatic rings. The van der Waals surface area contributed by atoms with Crippen molar-refractivity contribution in [2.75, 3.05) is 0 Å². The average molecular weight is 238 g/mol. The maximum atomic E-state index is 10.7. The van der Waals surface area contributed by atoms with Gasteiger partial charge < -0.3 is 9.84 Å². The van der Waals surface area contributed by atoms with E-state index in [1.807, 2.05) is 0 Å². The van der Waals surface area contributed by atoms with Gasteiger partial charge >= 0.3 is 0 Å². The second-order valence-corrected chi connectivity index (χ2v) is 7.34. The fraction of sp³-hybridized carbons (Fsp3) is 1.00. The number of aliphatic hydroxyl groups is 1. The zero-order valence-corrected chi connectivity index (χ0v) is 11.6. The highest BCUT2D eigenvalue weighted by Gasteiger charge is 2.63. The molecular weight excluding hydrogens is 212 g/mol. The van der Waals surface area contributed by atoms with Gasteiger partial charge in [0.15, 0.2) is 0 Å². The van der Waals surface area contributed by atoms with Crippen LogP contribution in [-0.4, -0.2) is 22.4 Å². The first-order valence-corrected chi connectivity index (χ1v) is 7.26. The Bertz CT molecular complexity index is 323. The quantitative estimate of drug-likeness (QED) is 0.761. The van der Waals surface area contributed by atoms with E-state index < -0.39 is 0 Å². The van der Waals surface area contributed by atoms with E-state index >= 15 is 0 Å². The van der Waals surface area contributed by atoms with Gasteiger partial charge in [-0.1, -0.05) is 13.8 Å². The molecule has 2 heteroatoms. The van der Waals surface area contributed by atoms with Crippen molar-refractivity contribution in [3.8, 4) is 0 Å². The number of hydrogen-bond donors (Lipinski definition) is 1. The predicted molar refractivity (Wildman–Crippen MR) is 67.7 cm³/mol. The van der Waals surface area contributed by atoms with Crippen LogP contribution in [0.1, 0.15) is 53.4 Å². The summed E-state index contributed by atoms with van der Waals surface area (Å²) in [6.07, 6.45) is 4.44. The summed E-state index contributed by atoms with van der Waals surface area (Å²) in [4.78, 5) is 0. The van der Waals surface area contributed by atoms with E-state index in [9.17, 15) is 5.11 Å². The van der Waals surface area contributed by atoms with Crippen molar-refractivity contribution in [3.63, 3.8) is 0 Å². The molecule has 2 heterocycles. The molecule has 1 N–H and O–H groups in total. The maximum Gasteiger partial charge on any atom is 0.0922 e. The van der Waals surface area contributed by atoms with Gasteiger partial charge in [0.1, 0.15) is 0 Å². The Morgan fingerprint density at radius 1 is 1.12 bits per heavy atom. The predicted octanol–water partition coefficient (Wildman–Crippen LogP) is 2.99. The Hall–Kier alpha value is -0.0800. The van der Waals surface area contributed by atoms with Gasteiger partial charge in [-0.15, -0.1) is 0 Å². The molecule has 4 fully saturated rings. The molecule has 17 heavy (non-hydrogen) atoms. The van der Waals surface area contributed by atoms with Gasteiger partial charge in [-0.05, 0) is 63.2 Å². The fourth-order valence-corrected chi connectivity index (χ4v) is 5.03. The van der Waals surface area contributed by atoms with Crippen LogP contribution >= 0.6 is 0 Å². The number of rotatable bonds is 1. The molecule has 2 nitrogen and oxygen atoms in total. The molecule has 2 aliphatic carbocycles. The summed E-state index contributed by atoms with van der Waals surface area (Å²) in [6.45, 7) is 9.03. The molecule has 4 aliphatic rings. The third-order valence-electron chi connectivity index (χ3n) is 5.98. The molecule has 0 unspecified atom stereocenters. The Kier molecular flexibility index (Phi) is 2.45. The molecule has 2 aliphatic heterocycles. The van der Waals surface area contributed by atoms with Crippen molar-refractivity contribution in [2.24, 2.45) is 23.7 Å². The standard InChI is InChI=1S/C15H26O2/c1-9(2)10-5-7-14(3)11-6-8-15(4,17-14)13(16)12(10)11/h9-13,16H,5-8H2,1-4H3/t10-,11-,12-,13+,14+,15+/m1/s1. The zero-order chi connectivity index (χ0) is 12.4. The molecule has 0 aromatic heterocycles. The van der Waals surface area contributed by atoms with Crippen LogP contribution in [0.15, 0.2) is 0 Å². The lowest BCUT2D eigenvalue weighted by atomic mass is 9.51. The van der Waals surface area contributed by atoms with E-state index in [-0.39, 0.29) is 17.3 Å². The van der Waals surface area contributed by atoms with Crippen LogP contribution in [0.25, 0.3) is 0 Å². The highest BCUT2D eigenvalue weighted by molar-refractivity contribution is 5.12. The fourth-order valence-electron chi connectivity index (χ4n) is 5.03. The van der Waals surface area contributed by atoms with Crippen LogP contribution in [0, 0.1) is 23.7 Å². The summed E-state index contributed by atoms with van der Waals surface area (Å²) in [5, 5.41) is 10.7. The Morgan fingerprint density at radius 3 is 2.41 bits per heavy atom. The van der Waals surface area contributed by atoms with Crippen LogP contribution in [-0.2, 0) is 4.74 Å². The van der Waals surface area contributed by atoms with Gasteiger partial charge in [0.05, 0.1) is 17.3 Å². The monoisotopic (exact) mass is 238 g/mol. The Labute approximate surface area is 105 Å². The minimum absolute atomic E-state index is 0.0439. The summed E-state index contributed by atoms with van der Waals surface area (Å²) in [5.74, 6) is 2.43. The van der Waals surface area contributed by atoms with E-state index in [1.54, 1.807) is 0 Å². The molecule has 6 atom stereocenters. The Balaban J connectivity index is 2.00. The van der Waals surface area contributed by atoms with Crippen LogP contribution in [0.4, 0.5) is 0 Å². The first kappa shape index (κ1) is 12.0. The minimum atomic E-state index is -0.276. The molecule has 2 saturated carbocycles. The lowest BCUT2D eigenvalue weighted by molar-refractivity contribution is -0.329. The number of hydrogen-bond acceptors (Lipinski definition) is 2. The van der Waals surface area contributed by atoms with E-state index in [2.05, 4.69) is 27.7 Å². The minimum Gasteiger partial charge on any atom is -0.390 e. The lowest BCUT2D eigenvalue weighted by Crippen LogP contribution is -2.70. The van der Waals surface area contributed by atoms with E-state index in [0.29, 0.717) is 23.7 Å². The molecule has 0 radical (unpaired) electrons. The van der Waals surface area contributed by atoms with E-state index in [1.165, 1.54) is 19.3 Å². The second kappa shape index (κ2) is 3.48. The van der Waals surface area contributed by atoms with Gasteiger partial charge in [-0.3, -0.25) is 0 Å². The van der Waals surface area contributed by atoms with Crippen molar-refractivity contribution in [1.29, 1.82) is 0 Å². The molecule has 4 bridgehead atoms. The number of ether oxygens (including phenoxy) is 1. The highest BCUT2D eigenvalue weighted by Crippen LogP contribution is 2.60. The normalized spacial score (nSPS) is 57.5. The van der Waals surface area contributed by atoms with Gasteiger partial charge in [-0.2, -0.15) is 0 Å². The molecular formula is C15H26O2. The Morgan fingerprint density at radius 2 is 1.76 bits per heavy atom. The van der Waals surface area contributed by atoms with Crippen molar-refractivity contribution >= 4 is 0 Å². The summed E-state index contributed by atoms with van der Waals surface area (Å²) in [6, 6.07) is 0. The van der Waals surface area contributed by atoms with E-state index in [4.69, 9.17) is 4.74 Å². The van der Waals surface area contributed by atoms with Gasteiger partial charge in [0, 0.05) is 0 Å². The topological polar surface area (TPSA) is 29.5 Å². The third-order valence-corrected chi connectivity index (χ3v) is 5.98. The van der Waals surface area contributed by atoms with Crippen LogP contribution in [0.5, 0.6) is 0 Å². The van der Waals surface area contributed by atoms with Crippen molar-refractivity contribution in [1.82, 2.24) is 0 Å². The molecule has 0 aromatic carbocycles. The highest BCUT2D eigenvalue weighted by atomic mass is 16.5. The van der Waals surface area contributed by atoms with Crippen molar-refractivity contribution < 1.29 is 9.84 Å². The molecule has 0 spiro atoms. The van der Waals surface area contributed by atoms with E-state index in [0.717, 1.165) is 6.42 Å². The van der Waals surface area contributed by atoms with Gasteiger partial charge in [-0.25, -0.2) is 0 Å². The summed E-state index contributed by atoms with van der Waals surface area (Å²) in [7, 11) is 0. The summed E-state index contributed by atoms with van der Waals surface area (Å²) < 4.78 is 6.32. The van der Waals surface area contributed by atoms with Crippen molar-refractivity contribution in [2.45, 2.75) is 70.7 Å². The van der Waals surface area contributed by atoms with Gasteiger partial charge in [0.25, 0.3) is 0 Å². The number of aliphatic hydroxyl groups excluding tert-OH is 1. The molecule has 98 valence electrons. The van der Waals surface area contributed by atoms with Crippen molar-refractivity contribution in [3.05, 3.63) is 0 Å². The largest absolute Gasteiger partial charge is 0.390 e. The molecule has 0 amide bonds. The first-order valence-electron chi connectivity index (χ1n) is 7.26. The third kappa shape index (κ3) is 1.46. The van der Waals surface area contributed by atoms with Crippen LogP contribution < -0.4 is 0 Å². The molecule has 2 saturated heterocycles. The van der Waals surface area contributed by atoms with Crippen LogP contribution in [0.2, 0.25) is 0 Å². The average Bonchev–Trinajstić information content (AvgIpc) is 2.23. The zero-order valence-electron chi connectivity index (χ0n) is 11.6. The number of fused-ring (bicyclic) bond motifs is 1. The van der Waals surface area contributed by atoms with Crippen LogP contribution in [0.3, 0.4) is 0 Å². The SMILES string of the molecule is CC(C)[C@H]1CC[C@]2(C)O[C@@]3(C)CC[C@@H]2[C@@H]1[C@@H]3O. The molecule has 4 rings (SSSR count). The second-order valence-electron chi connectivity index (χ2n) is 7.34. The summed E-state index contributed by atoms with van der Waals surface area (Å²) in [5.41, 5.74) is -0.232. The lowest BCUT2D eigenvalue weighted by Gasteiger charge is -2.65. The maximum absolute atomic E-state index is 10.7. The summed E-state index contributed by atoms with van der Waals surface area (Å²) >= 11 is 0.